The first kappa shape index (κ1) is 21.1. The number of esters is 1. The van der Waals surface area contributed by atoms with E-state index in [4.69, 9.17) is 9.47 Å². The van der Waals surface area contributed by atoms with Gasteiger partial charge >= 0.3 is 5.97 Å². The smallest absolute Gasteiger partial charge is 0.338 e. The van der Waals surface area contributed by atoms with Gasteiger partial charge in [0.1, 0.15) is 23.9 Å². The number of rotatable bonds is 6. The van der Waals surface area contributed by atoms with Crippen molar-refractivity contribution in [2.75, 3.05) is 13.2 Å². The molecule has 0 saturated carbocycles. The normalized spacial score (nSPS) is 11.2. The van der Waals surface area contributed by atoms with Gasteiger partial charge in [0.2, 0.25) is 0 Å². The van der Waals surface area contributed by atoms with E-state index < -0.39 is 16.1 Å². The molecule has 0 aliphatic rings. The van der Waals surface area contributed by atoms with Crippen LogP contribution in [0.25, 0.3) is 0 Å². The maximum atomic E-state index is 11.8. The number of halogens is 3. The lowest BCUT2D eigenvalue weighted by molar-refractivity contribution is 0.0449. The predicted molar refractivity (Wildman–Crippen MR) is 117 cm³/mol. The van der Waals surface area contributed by atoms with Crippen molar-refractivity contribution in [1.29, 1.82) is 0 Å². The van der Waals surface area contributed by atoms with Crippen LogP contribution >= 0.6 is 67.8 Å². The van der Waals surface area contributed by atoms with Crippen molar-refractivity contribution < 1.29 is 27.2 Å². The second-order valence-electron chi connectivity index (χ2n) is 4.64. The summed E-state index contributed by atoms with van der Waals surface area (Å²) in [6, 6.07) is 10.2. The van der Waals surface area contributed by atoms with Gasteiger partial charge in [-0.3, -0.25) is 4.55 Å². The molecule has 10 heteroatoms. The van der Waals surface area contributed by atoms with Crippen molar-refractivity contribution >= 4 is 83.9 Å². The first-order valence-corrected chi connectivity index (χ1v) is 11.4. The number of benzene rings is 2. The molecule has 0 heterocycles. The van der Waals surface area contributed by atoms with Gasteiger partial charge in [-0.05, 0) is 86.0 Å². The number of ether oxygens (including phenoxy) is 2. The largest absolute Gasteiger partial charge is 0.488 e. The molecule has 0 aliphatic heterocycles. The quantitative estimate of drug-likeness (QED) is 0.213. The topological polar surface area (TPSA) is 89.9 Å². The average Bonchev–Trinajstić information content (AvgIpc) is 2.52. The van der Waals surface area contributed by atoms with Gasteiger partial charge in [0, 0.05) is 3.57 Å². The van der Waals surface area contributed by atoms with E-state index in [1.807, 2.05) is 67.8 Å². The molecule has 0 saturated heterocycles. The fourth-order valence-electron chi connectivity index (χ4n) is 1.86. The van der Waals surface area contributed by atoms with Crippen molar-refractivity contribution in [3.63, 3.8) is 0 Å². The molecule has 2 rings (SSSR count). The lowest BCUT2D eigenvalue weighted by atomic mass is 10.2. The maximum absolute atomic E-state index is 11.8. The third-order valence-corrected chi connectivity index (χ3v) is 7.27. The van der Waals surface area contributed by atoms with Crippen LogP contribution in [0, 0.1) is 10.7 Å². The first-order valence-electron chi connectivity index (χ1n) is 6.71. The van der Waals surface area contributed by atoms with Crippen LogP contribution < -0.4 is 4.74 Å². The molecule has 0 aliphatic carbocycles. The van der Waals surface area contributed by atoms with Gasteiger partial charge in [-0.15, -0.1) is 0 Å². The van der Waals surface area contributed by atoms with Gasteiger partial charge in [0.25, 0.3) is 10.1 Å². The van der Waals surface area contributed by atoms with Crippen LogP contribution in [0.3, 0.4) is 0 Å². The molecule has 0 bridgehead atoms. The summed E-state index contributed by atoms with van der Waals surface area (Å²) in [5.41, 5.74) is 0.439. The lowest BCUT2D eigenvalue weighted by Crippen LogP contribution is -2.14. The Labute approximate surface area is 185 Å². The van der Waals surface area contributed by atoms with Crippen LogP contribution in [0.15, 0.2) is 41.3 Å². The highest BCUT2D eigenvalue weighted by Crippen LogP contribution is 2.35. The van der Waals surface area contributed by atoms with Crippen LogP contribution in [0.5, 0.6) is 5.75 Å². The Morgan fingerprint density at radius 3 is 2.28 bits per heavy atom. The summed E-state index contributed by atoms with van der Waals surface area (Å²) in [5.74, 6) is -0.139. The zero-order valence-electron chi connectivity index (χ0n) is 12.4. The van der Waals surface area contributed by atoms with E-state index in [2.05, 4.69) is 0 Å². The third kappa shape index (κ3) is 5.64. The molecule has 0 radical (unpaired) electrons. The Hall–Kier alpha value is -0.190. The molecule has 0 spiro atoms. The van der Waals surface area contributed by atoms with E-state index in [0.717, 1.165) is 0 Å². The molecule has 0 fully saturated rings. The number of carbonyl (C=O) groups excluding carboxylic acids is 1. The van der Waals surface area contributed by atoms with Crippen LogP contribution in [0.1, 0.15) is 10.4 Å². The molecule has 1 N–H and O–H groups in total. The summed E-state index contributed by atoms with van der Waals surface area (Å²) < 4.78 is 44.5. The fourth-order valence-corrected chi connectivity index (χ4v) is 7.84. The van der Waals surface area contributed by atoms with Crippen molar-refractivity contribution in [2.24, 2.45) is 0 Å². The van der Waals surface area contributed by atoms with Gasteiger partial charge < -0.3 is 9.47 Å². The molecule has 2 aromatic carbocycles. The molecule has 6 nitrogen and oxygen atoms in total. The Bertz CT molecular complexity index is 884. The van der Waals surface area contributed by atoms with E-state index in [9.17, 15) is 17.8 Å². The van der Waals surface area contributed by atoms with Gasteiger partial charge in [-0.1, -0.05) is 18.2 Å². The molecule has 0 unspecified atom stereocenters. The van der Waals surface area contributed by atoms with Gasteiger partial charge in [-0.2, -0.15) is 8.42 Å². The van der Waals surface area contributed by atoms with Gasteiger partial charge in [0.15, 0.2) is 0 Å². The first-order chi connectivity index (χ1) is 11.7. The number of carbonyl (C=O) groups is 1. The minimum absolute atomic E-state index is 0.00703. The second kappa shape index (κ2) is 9.14. The minimum Gasteiger partial charge on any atom is -0.488 e. The summed E-state index contributed by atoms with van der Waals surface area (Å²) in [5, 5.41) is 0. The van der Waals surface area contributed by atoms with Crippen LogP contribution in [0.2, 0.25) is 0 Å². The summed E-state index contributed by atoms with van der Waals surface area (Å²) >= 11 is 5.66. The van der Waals surface area contributed by atoms with E-state index in [-0.39, 0.29) is 21.7 Å². The van der Waals surface area contributed by atoms with Crippen LogP contribution in [0.4, 0.5) is 0 Å². The second-order valence-corrected chi connectivity index (χ2v) is 9.40. The van der Waals surface area contributed by atoms with Crippen LogP contribution in [-0.4, -0.2) is 32.2 Å². The molecule has 2 aromatic rings. The summed E-state index contributed by atoms with van der Waals surface area (Å²) in [7, 11) is -4.37. The molecule has 134 valence electrons. The third-order valence-electron chi connectivity index (χ3n) is 2.92. The standard InChI is InChI=1S/C15H11I3O6S/c16-10-8-11(17)14(25(20,21)22)12(18)13(10)23-6-7-24-15(19)9-4-2-1-3-5-9/h1-5,8H,6-7H2,(H,20,21,22). The zero-order chi connectivity index (χ0) is 18.6. The Kier molecular flexibility index (Phi) is 7.72. The Morgan fingerprint density at radius 2 is 1.68 bits per heavy atom. The fraction of sp³-hybridized carbons (Fsp3) is 0.133. The van der Waals surface area contributed by atoms with Gasteiger partial charge in [-0.25, -0.2) is 4.79 Å². The Balaban J connectivity index is 2.05. The summed E-state index contributed by atoms with van der Waals surface area (Å²) in [6.45, 7) is 0.0587. The van der Waals surface area contributed by atoms with E-state index in [1.165, 1.54) is 0 Å². The molecular weight excluding hydrogens is 689 g/mol. The van der Waals surface area contributed by atoms with Crippen LogP contribution in [-0.2, 0) is 14.9 Å². The number of hydrogen-bond donors (Lipinski definition) is 1. The lowest BCUT2D eigenvalue weighted by Gasteiger charge is -2.14. The monoisotopic (exact) mass is 700 g/mol. The molecular formula is C15H11I3O6S. The maximum Gasteiger partial charge on any atom is 0.338 e. The molecule has 25 heavy (non-hydrogen) atoms. The highest BCUT2D eigenvalue weighted by molar-refractivity contribution is 14.1. The molecule has 0 amide bonds. The van der Waals surface area contributed by atoms with Crippen molar-refractivity contribution in [2.45, 2.75) is 4.90 Å². The molecule has 0 atom stereocenters. The van der Waals surface area contributed by atoms with E-state index >= 15 is 0 Å². The SMILES string of the molecule is O=C(OCCOc1c(I)cc(I)c(S(=O)(=O)O)c1I)c1ccccc1. The van der Waals surface area contributed by atoms with E-state index in [0.29, 0.717) is 18.5 Å². The van der Waals surface area contributed by atoms with Crippen molar-refractivity contribution in [3.05, 3.63) is 52.7 Å². The van der Waals surface area contributed by atoms with Crippen molar-refractivity contribution in [3.8, 4) is 5.75 Å². The highest BCUT2D eigenvalue weighted by Gasteiger charge is 2.24. The highest BCUT2D eigenvalue weighted by atomic mass is 127. The van der Waals surface area contributed by atoms with Crippen molar-refractivity contribution in [1.82, 2.24) is 0 Å². The summed E-state index contributed by atoms with van der Waals surface area (Å²) in [4.78, 5) is 11.6. The zero-order valence-corrected chi connectivity index (χ0v) is 19.7. The Morgan fingerprint density at radius 1 is 1.04 bits per heavy atom. The molecule has 0 aromatic heterocycles. The van der Waals surface area contributed by atoms with E-state index in [1.54, 1.807) is 36.4 Å². The predicted octanol–water partition coefficient (Wildman–Crippen LogP) is 3.98. The average molecular weight is 700 g/mol. The van der Waals surface area contributed by atoms with Gasteiger partial charge in [0.05, 0.1) is 12.7 Å². The summed E-state index contributed by atoms with van der Waals surface area (Å²) in [6.07, 6.45) is 0. The minimum atomic E-state index is -4.37. The number of hydrogen-bond acceptors (Lipinski definition) is 5.